The Morgan fingerprint density at radius 3 is 1.98 bits per heavy atom. The van der Waals surface area contributed by atoms with Crippen LogP contribution in [0.1, 0.15) is 45.1 Å². The standard InChI is InChI=1S/C21H11ClF6N2O3.C20H19F3N2O4/c22-12-8-10(21(26,27)28)4-7-17(12)33-11-5-6-16(15(25)9-11)29-20(32)30-19(31)18-13(23)2-1-3-14(18)24;1-13(14-8-6-9-16(11-14)20(21,22)23)24-29-12-15-7-4-5-10-17(15)18(25-28-3)19(26)27-2/h1-9H,(H2,29,30,31,32);4-11H,12H2,1-3H3/b;24-13+,25-18+. The van der Waals surface area contributed by atoms with Gasteiger partial charge in [-0.1, -0.05) is 64.4 Å². The number of carbonyl (C=O) groups excluding carboxylic acids is 3. The van der Waals surface area contributed by atoms with Gasteiger partial charge >= 0.3 is 24.4 Å². The Kier molecular flexibility index (Phi) is 16.1. The molecule has 0 aliphatic heterocycles. The Bertz CT molecular complexity index is 2480. The summed E-state index contributed by atoms with van der Waals surface area (Å²) in [5, 5.41) is 10.8. The highest BCUT2D eigenvalue weighted by atomic mass is 35.5. The average Bonchev–Trinajstić information content (AvgIpc) is 3.21. The maximum Gasteiger partial charge on any atom is 0.416 e. The number of carbonyl (C=O) groups is 3. The highest BCUT2D eigenvalue weighted by molar-refractivity contribution is 6.43. The van der Waals surface area contributed by atoms with Crippen LogP contribution in [-0.2, 0) is 38.2 Å². The zero-order valence-electron chi connectivity index (χ0n) is 32.1. The summed E-state index contributed by atoms with van der Waals surface area (Å²) >= 11 is 5.78. The fourth-order valence-electron chi connectivity index (χ4n) is 5.01. The van der Waals surface area contributed by atoms with Crippen LogP contribution >= 0.6 is 11.6 Å². The van der Waals surface area contributed by atoms with Crippen molar-refractivity contribution in [1.82, 2.24) is 5.32 Å². The summed E-state index contributed by atoms with van der Waals surface area (Å²) in [6, 6.07) is 18.2. The number of esters is 1. The first-order valence-corrected chi connectivity index (χ1v) is 17.6. The van der Waals surface area contributed by atoms with Crippen molar-refractivity contribution in [2.75, 3.05) is 19.5 Å². The summed E-state index contributed by atoms with van der Waals surface area (Å²) in [5.74, 6) is -5.87. The van der Waals surface area contributed by atoms with Gasteiger partial charge in [0.05, 0.1) is 34.7 Å². The SMILES string of the molecule is CO/N=C(/C(=O)OC)c1ccccc1CO/N=C(\C)c1cccc(C(F)(F)F)c1.O=C(NC(=O)c1c(F)cccc1F)Nc1ccc(Oc2ccc(C(F)(F)F)cc2Cl)cc1F. The number of hydrogen-bond donors (Lipinski definition) is 2. The molecule has 5 rings (SSSR count). The molecule has 0 saturated heterocycles. The second-order valence-corrected chi connectivity index (χ2v) is 12.6. The molecule has 0 spiro atoms. The average molecular weight is 897 g/mol. The lowest BCUT2D eigenvalue weighted by Crippen LogP contribution is -2.35. The van der Waals surface area contributed by atoms with Crippen molar-refractivity contribution in [1.29, 1.82) is 0 Å². The van der Waals surface area contributed by atoms with E-state index in [1.54, 1.807) is 29.6 Å². The molecule has 326 valence electrons. The summed E-state index contributed by atoms with van der Waals surface area (Å²) in [4.78, 5) is 45.8. The molecular formula is C41H30ClF9N4O7. The van der Waals surface area contributed by atoms with E-state index in [-0.39, 0.29) is 40.1 Å². The van der Waals surface area contributed by atoms with Crippen LogP contribution in [0.4, 0.5) is 50.0 Å². The summed E-state index contributed by atoms with van der Waals surface area (Å²) in [6.07, 6.45) is -9.05. The van der Waals surface area contributed by atoms with E-state index in [4.69, 9.17) is 30.7 Å². The zero-order chi connectivity index (χ0) is 45.8. The largest absolute Gasteiger partial charge is 0.464 e. The van der Waals surface area contributed by atoms with Crippen molar-refractivity contribution >= 4 is 46.6 Å². The molecule has 62 heavy (non-hydrogen) atoms. The fraction of sp³-hybridized carbons (Fsp3) is 0.146. The first kappa shape index (κ1) is 47.6. The van der Waals surface area contributed by atoms with Crippen molar-refractivity contribution in [3.05, 3.63) is 159 Å². The third kappa shape index (κ3) is 13.0. The van der Waals surface area contributed by atoms with E-state index in [0.29, 0.717) is 17.2 Å². The lowest BCUT2D eigenvalue weighted by atomic mass is 10.0. The van der Waals surface area contributed by atoms with Crippen LogP contribution in [0, 0.1) is 17.5 Å². The molecule has 0 radical (unpaired) electrons. The number of nitrogens with zero attached hydrogens (tertiary/aromatic N) is 2. The van der Waals surface area contributed by atoms with Crippen LogP contribution in [0.2, 0.25) is 5.02 Å². The summed E-state index contributed by atoms with van der Waals surface area (Å²) in [6.45, 7) is 1.49. The number of alkyl halides is 6. The maximum atomic E-state index is 14.3. The van der Waals surface area contributed by atoms with Gasteiger partial charge < -0.3 is 24.5 Å². The van der Waals surface area contributed by atoms with E-state index in [2.05, 4.69) is 10.3 Å². The number of methoxy groups -OCH3 is 1. The topological polar surface area (TPSA) is 137 Å². The van der Waals surface area contributed by atoms with Gasteiger partial charge in [0.25, 0.3) is 5.91 Å². The number of urea groups is 1. The molecule has 5 aromatic carbocycles. The second-order valence-electron chi connectivity index (χ2n) is 12.2. The highest BCUT2D eigenvalue weighted by Gasteiger charge is 2.32. The molecule has 0 aliphatic carbocycles. The van der Waals surface area contributed by atoms with Gasteiger partial charge in [-0.15, -0.1) is 0 Å². The van der Waals surface area contributed by atoms with Crippen LogP contribution in [0.25, 0.3) is 0 Å². The predicted octanol–water partition coefficient (Wildman–Crippen LogP) is 10.7. The normalized spacial score (nSPS) is 11.8. The zero-order valence-corrected chi connectivity index (χ0v) is 32.8. The molecule has 5 aromatic rings. The number of nitrogens with one attached hydrogen (secondary N) is 2. The molecule has 0 aromatic heterocycles. The first-order chi connectivity index (χ1) is 29.2. The number of halogens is 10. The van der Waals surface area contributed by atoms with E-state index in [1.807, 2.05) is 5.32 Å². The predicted molar refractivity (Wildman–Crippen MR) is 206 cm³/mol. The van der Waals surface area contributed by atoms with Gasteiger partial charge in [-0.05, 0) is 67.1 Å². The van der Waals surface area contributed by atoms with Crippen molar-refractivity contribution in [2.45, 2.75) is 25.9 Å². The van der Waals surface area contributed by atoms with E-state index in [1.165, 1.54) is 33.3 Å². The van der Waals surface area contributed by atoms with Gasteiger partial charge in [0.15, 0.2) is 5.71 Å². The van der Waals surface area contributed by atoms with E-state index < -0.39 is 70.1 Å². The number of benzene rings is 5. The third-order valence-electron chi connectivity index (χ3n) is 7.96. The molecule has 3 amide bonds. The molecule has 0 saturated carbocycles. The van der Waals surface area contributed by atoms with Gasteiger partial charge in [0, 0.05) is 17.2 Å². The molecule has 2 N–H and O–H groups in total. The minimum atomic E-state index is -4.61. The molecule has 0 unspecified atom stereocenters. The van der Waals surface area contributed by atoms with Gasteiger partial charge in [-0.25, -0.2) is 22.8 Å². The fourth-order valence-corrected chi connectivity index (χ4v) is 5.23. The molecule has 11 nitrogen and oxygen atoms in total. The molecule has 21 heteroatoms. The van der Waals surface area contributed by atoms with Gasteiger partial charge in [-0.2, -0.15) is 26.3 Å². The number of rotatable bonds is 11. The minimum Gasteiger partial charge on any atom is -0.464 e. The lowest BCUT2D eigenvalue weighted by Gasteiger charge is -2.12. The van der Waals surface area contributed by atoms with Gasteiger partial charge in [0.2, 0.25) is 0 Å². The number of oxime groups is 2. The quantitative estimate of drug-likeness (QED) is 0.0583. The first-order valence-electron chi connectivity index (χ1n) is 17.3. The Hall–Kier alpha value is -7.09. The Labute approximate surface area is 350 Å². The van der Waals surface area contributed by atoms with Crippen molar-refractivity contribution < 1.29 is 73.0 Å². The molecular weight excluding hydrogens is 867 g/mol. The number of ether oxygens (including phenoxy) is 2. The van der Waals surface area contributed by atoms with E-state index in [9.17, 15) is 53.9 Å². The summed E-state index contributed by atoms with van der Waals surface area (Å²) < 4.78 is 128. The monoisotopic (exact) mass is 896 g/mol. The summed E-state index contributed by atoms with van der Waals surface area (Å²) in [5.41, 5.74) is -1.70. The van der Waals surface area contributed by atoms with E-state index in [0.717, 1.165) is 60.7 Å². The third-order valence-corrected chi connectivity index (χ3v) is 8.25. The smallest absolute Gasteiger partial charge is 0.416 e. The van der Waals surface area contributed by atoms with E-state index >= 15 is 0 Å². The molecule has 0 bridgehead atoms. The van der Waals surface area contributed by atoms with Crippen molar-refractivity contribution in [2.24, 2.45) is 10.3 Å². The second kappa shape index (κ2) is 20.9. The molecule has 0 aliphatic rings. The lowest BCUT2D eigenvalue weighted by molar-refractivity contribution is -0.138. The minimum absolute atomic E-state index is 0.0484. The number of hydrogen-bond acceptors (Lipinski definition) is 9. The maximum absolute atomic E-state index is 14.3. The Morgan fingerprint density at radius 2 is 1.37 bits per heavy atom. The highest BCUT2D eigenvalue weighted by Crippen LogP contribution is 2.37. The molecule has 0 fully saturated rings. The summed E-state index contributed by atoms with van der Waals surface area (Å²) in [7, 11) is 2.51. The number of imide groups is 1. The molecule has 0 atom stereocenters. The van der Waals surface area contributed by atoms with Gasteiger partial charge in [-0.3, -0.25) is 10.1 Å². The van der Waals surface area contributed by atoms with Crippen LogP contribution in [0.15, 0.2) is 113 Å². The van der Waals surface area contributed by atoms with Crippen LogP contribution < -0.4 is 15.4 Å². The van der Waals surface area contributed by atoms with Crippen LogP contribution in [-0.4, -0.2) is 43.6 Å². The van der Waals surface area contributed by atoms with Crippen LogP contribution in [0.5, 0.6) is 11.5 Å². The molecule has 0 heterocycles. The van der Waals surface area contributed by atoms with Gasteiger partial charge in [0.1, 0.15) is 48.2 Å². The Balaban J connectivity index is 0.000000275. The van der Waals surface area contributed by atoms with Crippen molar-refractivity contribution in [3.63, 3.8) is 0 Å². The number of amides is 3. The Morgan fingerprint density at radius 1 is 0.726 bits per heavy atom. The number of anilines is 1. The van der Waals surface area contributed by atoms with Crippen molar-refractivity contribution in [3.8, 4) is 11.5 Å². The van der Waals surface area contributed by atoms with Crippen LogP contribution in [0.3, 0.4) is 0 Å².